The largest absolute Gasteiger partial charge is 0.490 e. The molecule has 2 aliphatic rings. The lowest BCUT2D eigenvalue weighted by atomic mass is 9.99. The Labute approximate surface area is 183 Å². The molecule has 174 valence electrons. The summed E-state index contributed by atoms with van der Waals surface area (Å²) in [4.78, 5) is 37.2. The Morgan fingerprint density at radius 3 is 2.44 bits per heavy atom. The highest BCUT2D eigenvalue weighted by atomic mass is 19.4. The Hall–Kier alpha value is -3.13. The molecule has 8 nitrogen and oxygen atoms in total. The predicted molar refractivity (Wildman–Crippen MR) is 107 cm³/mol. The van der Waals surface area contributed by atoms with Crippen LogP contribution in [0.15, 0.2) is 24.3 Å². The van der Waals surface area contributed by atoms with Crippen LogP contribution in [0.3, 0.4) is 0 Å². The molecule has 0 spiro atoms. The molecule has 1 saturated heterocycles. The summed E-state index contributed by atoms with van der Waals surface area (Å²) in [6.07, 6.45) is -2.08. The lowest BCUT2D eigenvalue weighted by Crippen LogP contribution is -2.46. The maximum absolute atomic E-state index is 12.5. The number of nitrogens with two attached hydrogens (primary N) is 1. The Kier molecular flexibility index (Phi) is 8.60. The van der Waals surface area contributed by atoms with Crippen LogP contribution in [0.25, 0.3) is 0 Å². The topological polar surface area (TPSA) is 128 Å². The molecule has 32 heavy (non-hydrogen) atoms. The van der Waals surface area contributed by atoms with Crippen molar-refractivity contribution in [2.45, 2.75) is 56.9 Å². The van der Waals surface area contributed by atoms with Crippen molar-refractivity contribution in [3.05, 3.63) is 35.4 Å². The average molecular weight is 454 g/mol. The van der Waals surface area contributed by atoms with E-state index in [1.807, 2.05) is 17.0 Å². The van der Waals surface area contributed by atoms with Gasteiger partial charge in [0.15, 0.2) is 0 Å². The van der Waals surface area contributed by atoms with Crippen LogP contribution < -0.4 is 5.73 Å². The highest BCUT2D eigenvalue weighted by Gasteiger charge is 2.38. The normalized spacial score (nSPS) is 18.7. The highest BCUT2D eigenvalue weighted by molar-refractivity contribution is 5.84. The van der Waals surface area contributed by atoms with E-state index >= 15 is 0 Å². The zero-order valence-electron chi connectivity index (χ0n) is 17.3. The number of hydrogen-bond donors (Lipinski definition) is 2. The van der Waals surface area contributed by atoms with Gasteiger partial charge in [-0.25, -0.2) is 4.79 Å². The summed E-state index contributed by atoms with van der Waals surface area (Å²) in [5.74, 6) is -2.93. The van der Waals surface area contributed by atoms with Crippen molar-refractivity contribution in [2.24, 2.45) is 5.73 Å². The quantitative estimate of drug-likeness (QED) is 0.715. The number of rotatable bonds is 4. The summed E-state index contributed by atoms with van der Waals surface area (Å²) in [5.41, 5.74) is 8.49. The van der Waals surface area contributed by atoms with Gasteiger partial charge in [0.25, 0.3) is 0 Å². The van der Waals surface area contributed by atoms with E-state index in [0.29, 0.717) is 32.5 Å². The minimum absolute atomic E-state index is 0.0380. The highest BCUT2D eigenvalue weighted by Crippen LogP contribution is 2.21. The monoisotopic (exact) mass is 454 g/mol. The molecule has 2 heterocycles. The van der Waals surface area contributed by atoms with Gasteiger partial charge < -0.3 is 20.6 Å². The molecule has 0 unspecified atom stereocenters. The molecular weight excluding hydrogens is 429 g/mol. The van der Waals surface area contributed by atoms with Crippen molar-refractivity contribution < 1.29 is 32.7 Å². The van der Waals surface area contributed by atoms with Crippen LogP contribution in [0.4, 0.5) is 13.2 Å². The maximum Gasteiger partial charge on any atom is 0.490 e. The zero-order chi connectivity index (χ0) is 23.9. The number of nitriles is 1. The summed E-state index contributed by atoms with van der Waals surface area (Å²) in [6.45, 7) is 1.92. The van der Waals surface area contributed by atoms with Gasteiger partial charge in [-0.1, -0.05) is 24.3 Å². The fourth-order valence-corrected chi connectivity index (χ4v) is 3.65. The number of hydrogen-bond acceptors (Lipinski definition) is 5. The van der Waals surface area contributed by atoms with Crippen LogP contribution in [-0.2, 0) is 27.3 Å². The number of alkyl halides is 3. The number of halogens is 3. The molecule has 2 amide bonds. The van der Waals surface area contributed by atoms with Crippen molar-refractivity contribution in [1.29, 1.82) is 5.26 Å². The van der Waals surface area contributed by atoms with Crippen molar-refractivity contribution in [3.8, 4) is 6.07 Å². The number of nitrogens with zero attached hydrogens (tertiary/aromatic N) is 3. The first-order valence-corrected chi connectivity index (χ1v) is 10.1. The van der Waals surface area contributed by atoms with Crippen LogP contribution in [0.5, 0.6) is 0 Å². The third kappa shape index (κ3) is 6.68. The van der Waals surface area contributed by atoms with E-state index < -0.39 is 18.2 Å². The lowest BCUT2D eigenvalue weighted by Gasteiger charge is -2.29. The Bertz CT molecular complexity index is 885. The van der Waals surface area contributed by atoms with E-state index in [4.69, 9.17) is 20.9 Å². The summed E-state index contributed by atoms with van der Waals surface area (Å²) in [7, 11) is 0. The van der Waals surface area contributed by atoms with E-state index in [-0.39, 0.29) is 24.3 Å². The number of fused-ring (bicyclic) bond motifs is 1. The number of carbonyl (C=O) groups excluding carboxylic acids is 2. The van der Waals surface area contributed by atoms with Crippen molar-refractivity contribution in [2.75, 3.05) is 13.1 Å². The Morgan fingerprint density at radius 2 is 1.84 bits per heavy atom. The number of benzene rings is 1. The van der Waals surface area contributed by atoms with E-state index in [9.17, 15) is 22.8 Å². The number of likely N-dealkylation sites (tertiary alicyclic amines) is 1. The molecule has 11 heteroatoms. The summed E-state index contributed by atoms with van der Waals surface area (Å²) >= 11 is 0. The van der Waals surface area contributed by atoms with Gasteiger partial charge in [-0.05, 0) is 36.8 Å². The number of carboxylic acid groups (broad SMARTS) is 1. The minimum Gasteiger partial charge on any atom is -0.475 e. The van der Waals surface area contributed by atoms with Gasteiger partial charge in [0, 0.05) is 26.1 Å². The van der Waals surface area contributed by atoms with Crippen LogP contribution in [0.1, 0.15) is 36.8 Å². The van der Waals surface area contributed by atoms with Crippen LogP contribution >= 0.6 is 0 Å². The lowest BCUT2D eigenvalue weighted by molar-refractivity contribution is -0.192. The van der Waals surface area contributed by atoms with E-state index in [1.165, 1.54) is 11.1 Å². The number of carbonyl (C=O) groups is 3. The third-order valence-electron chi connectivity index (χ3n) is 5.40. The van der Waals surface area contributed by atoms with Gasteiger partial charge in [-0.15, -0.1) is 0 Å². The van der Waals surface area contributed by atoms with Gasteiger partial charge in [0.05, 0.1) is 12.1 Å². The van der Waals surface area contributed by atoms with Gasteiger partial charge >= 0.3 is 12.1 Å². The van der Waals surface area contributed by atoms with Crippen LogP contribution in [0, 0.1) is 11.3 Å². The zero-order valence-corrected chi connectivity index (χ0v) is 17.3. The molecule has 0 radical (unpaired) electrons. The molecule has 0 saturated carbocycles. The third-order valence-corrected chi connectivity index (χ3v) is 5.40. The first kappa shape index (κ1) is 25.1. The molecule has 3 rings (SSSR count). The van der Waals surface area contributed by atoms with Gasteiger partial charge in [-0.2, -0.15) is 18.4 Å². The summed E-state index contributed by atoms with van der Waals surface area (Å²) in [5, 5.41) is 16.2. The van der Waals surface area contributed by atoms with Gasteiger partial charge in [-0.3, -0.25) is 9.59 Å². The summed E-state index contributed by atoms with van der Waals surface area (Å²) in [6, 6.07) is 9.24. The fraction of sp³-hybridized carbons (Fsp3) is 0.524. The molecule has 0 bridgehead atoms. The smallest absolute Gasteiger partial charge is 0.475 e. The standard InChI is InChI=1S/C19H24N4O2.C2HF3O2/c20-12-16-6-3-10-23(16)19(25)17(21)7-8-18(24)22-11-9-14-4-1-2-5-15(14)13-22;3-2(4,5)1(6)7/h1-2,4-5,16-17H,3,6-11,13,21H2;(H,6,7)/t16-,17-;/m0./s1. The summed E-state index contributed by atoms with van der Waals surface area (Å²) < 4.78 is 31.7. The number of amides is 2. The van der Waals surface area contributed by atoms with Gasteiger partial charge in [0.1, 0.15) is 6.04 Å². The fourth-order valence-electron chi connectivity index (χ4n) is 3.65. The molecular formula is C21H25F3N4O4. The molecule has 1 aromatic carbocycles. The minimum atomic E-state index is -5.08. The predicted octanol–water partition coefficient (Wildman–Crippen LogP) is 1.83. The average Bonchev–Trinajstić information content (AvgIpc) is 3.25. The van der Waals surface area contributed by atoms with E-state index in [1.54, 1.807) is 4.90 Å². The molecule has 1 fully saturated rings. The molecule has 0 aromatic heterocycles. The molecule has 0 aliphatic carbocycles. The maximum atomic E-state index is 12.5. The second-order valence-corrected chi connectivity index (χ2v) is 7.60. The van der Waals surface area contributed by atoms with Crippen LogP contribution in [-0.4, -0.2) is 64.0 Å². The second-order valence-electron chi connectivity index (χ2n) is 7.60. The van der Waals surface area contributed by atoms with E-state index in [0.717, 1.165) is 12.8 Å². The van der Waals surface area contributed by atoms with Gasteiger partial charge in [0.2, 0.25) is 11.8 Å². The number of carboxylic acids is 1. The molecule has 2 atom stereocenters. The SMILES string of the molecule is N#C[C@@H]1CCCN1C(=O)[C@@H](N)CCC(=O)N1CCc2ccccc2C1.O=C(O)C(F)(F)F. The van der Waals surface area contributed by atoms with Crippen molar-refractivity contribution in [1.82, 2.24) is 9.80 Å². The Morgan fingerprint density at radius 1 is 1.22 bits per heavy atom. The van der Waals surface area contributed by atoms with E-state index in [2.05, 4.69) is 18.2 Å². The molecule has 3 N–H and O–H groups in total. The van der Waals surface area contributed by atoms with Crippen molar-refractivity contribution in [3.63, 3.8) is 0 Å². The first-order chi connectivity index (χ1) is 15.0. The molecule has 1 aromatic rings. The first-order valence-electron chi connectivity index (χ1n) is 10.1. The molecule has 2 aliphatic heterocycles. The second kappa shape index (κ2) is 10.9. The number of aliphatic carboxylic acids is 1. The Balaban J connectivity index is 0.000000451. The van der Waals surface area contributed by atoms with Crippen molar-refractivity contribution >= 4 is 17.8 Å². The van der Waals surface area contributed by atoms with Crippen LogP contribution in [0.2, 0.25) is 0 Å².